The van der Waals surface area contributed by atoms with Crippen molar-refractivity contribution in [2.24, 2.45) is 5.73 Å². The molecule has 0 bridgehead atoms. The van der Waals surface area contributed by atoms with Gasteiger partial charge in [0.1, 0.15) is 0 Å². The van der Waals surface area contributed by atoms with Gasteiger partial charge in [0.05, 0.1) is 12.5 Å². The van der Waals surface area contributed by atoms with Crippen LogP contribution in [0, 0.1) is 0 Å². The zero-order valence-corrected chi connectivity index (χ0v) is 10.4. The topological polar surface area (TPSA) is 39.2 Å². The number of benzene rings is 1. The molecule has 0 aliphatic carbocycles. The van der Waals surface area contributed by atoms with Gasteiger partial charge < -0.3 is 10.2 Å². The van der Waals surface area contributed by atoms with Crippen molar-refractivity contribution in [3.63, 3.8) is 0 Å². The van der Waals surface area contributed by atoms with Gasteiger partial charge in [-0.2, -0.15) is 0 Å². The molecule has 0 fully saturated rings. The summed E-state index contributed by atoms with van der Waals surface area (Å²) in [4.78, 5) is 0.974. The maximum atomic E-state index is 5.06. The maximum absolute atomic E-state index is 5.06. The highest BCUT2D eigenvalue weighted by atomic mass is 35.5. The molecule has 0 saturated heterocycles. The number of halogens is 1. The van der Waals surface area contributed by atoms with Crippen molar-refractivity contribution in [3.8, 4) is 11.1 Å². The fourth-order valence-electron chi connectivity index (χ4n) is 1.08. The minimum atomic E-state index is 0.569. The Labute approximate surface area is 106 Å². The Morgan fingerprint density at radius 1 is 1.12 bits per heavy atom. The van der Waals surface area contributed by atoms with Crippen molar-refractivity contribution in [2.75, 3.05) is 12.4 Å². The summed E-state index contributed by atoms with van der Waals surface area (Å²) in [5.74, 6) is 0.569. The van der Waals surface area contributed by atoms with Gasteiger partial charge in [-0.05, 0) is 23.8 Å². The number of hydrogen-bond acceptors (Lipinski definition) is 3. The van der Waals surface area contributed by atoms with Crippen LogP contribution in [0.1, 0.15) is 0 Å². The van der Waals surface area contributed by atoms with E-state index in [1.807, 2.05) is 30.3 Å². The Morgan fingerprint density at radius 3 is 2.19 bits per heavy atom. The summed E-state index contributed by atoms with van der Waals surface area (Å²) in [5.41, 5.74) is 7.15. The molecule has 86 valence electrons. The maximum Gasteiger partial charge on any atom is 0.0980 e. The molecule has 0 aliphatic heterocycles. The number of nitrogens with two attached hydrogens (primary N) is 1. The zero-order valence-electron chi connectivity index (χ0n) is 8.77. The van der Waals surface area contributed by atoms with Crippen LogP contribution in [0.25, 0.3) is 11.1 Å². The van der Waals surface area contributed by atoms with Crippen molar-refractivity contribution >= 4 is 24.2 Å². The van der Waals surface area contributed by atoms with Crippen molar-refractivity contribution in [2.45, 2.75) is 4.90 Å². The van der Waals surface area contributed by atoms with Crippen molar-refractivity contribution in [1.29, 1.82) is 0 Å². The second-order valence-electron chi connectivity index (χ2n) is 3.04. The second kappa shape index (κ2) is 7.39. The SMILES string of the molecule is NCCCl.Sc1ccc(-c2ccoc2)cc1. The first-order valence-electron chi connectivity index (χ1n) is 4.85. The van der Waals surface area contributed by atoms with Gasteiger partial charge in [0, 0.05) is 22.9 Å². The summed E-state index contributed by atoms with van der Waals surface area (Å²) < 4.78 is 4.98. The molecule has 0 unspecified atom stereocenters. The lowest BCUT2D eigenvalue weighted by Gasteiger charge is -1.95. The summed E-state index contributed by atoms with van der Waals surface area (Å²) in [6.45, 7) is 0.585. The monoisotopic (exact) mass is 255 g/mol. The summed E-state index contributed by atoms with van der Waals surface area (Å²) in [6, 6.07) is 9.91. The van der Waals surface area contributed by atoms with Gasteiger partial charge in [0.25, 0.3) is 0 Å². The molecule has 0 saturated carbocycles. The lowest BCUT2D eigenvalue weighted by atomic mass is 10.1. The smallest absolute Gasteiger partial charge is 0.0980 e. The van der Waals surface area contributed by atoms with E-state index in [9.17, 15) is 0 Å². The summed E-state index contributed by atoms with van der Waals surface area (Å²) in [6.07, 6.45) is 3.40. The van der Waals surface area contributed by atoms with Gasteiger partial charge >= 0.3 is 0 Å². The van der Waals surface area contributed by atoms with Gasteiger partial charge in [0.2, 0.25) is 0 Å². The highest BCUT2D eigenvalue weighted by Gasteiger charge is 1.96. The van der Waals surface area contributed by atoms with E-state index in [0.717, 1.165) is 16.0 Å². The van der Waals surface area contributed by atoms with E-state index in [4.69, 9.17) is 21.8 Å². The predicted molar refractivity (Wildman–Crippen MR) is 71.2 cm³/mol. The van der Waals surface area contributed by atoms with E-state index in [0.29, 0.717) is 12.4 Å². The van der Waals surface area contributed by atoms with Crippen molar-refractivity contribution in [3.05, 3.63) is 42.9 Å². The van der Waals surface area contributed by atoms with E-state index in [1.165, 1.54) is 0 Å². The van der Waals surface area contributed by atoms with Crippen LogP contribution in [0.2, 0.25) is 0 Å². The van der Waals surface area contributed by atoms with Crippen LogP contribution in [0.5, 0.6) is 0 Å². The third-order valence-electron chi connectivity index (χ3n) is 1.83. The number of alkyl halides is 1. The van der Waals surface area contributed by atoms with Crippen LogP contribution in [0.4, 0.5) is 0 Å². The predicted octanol–water partition coefficient (Wildman–Crippen LogP) is 3.42. The van der Waals surface area contributed by atoms with Gasteiger partial charge in [-0.25, -0.2) is 0 Å². The average Bonchev–Trinajstić information content (AvgIpc) is 2.84. The standard InChI is InChI=1S/C10H8OS.C2H6ClN/c12-10-3-1-8(2-4-10)9-5-6-11-7-9;3-1-2-4/h1-7,12H;1-2,4H2. The third-order valence-corrected chi connectivity index (χ3v) is 2.35. The number of rotatable bonds is 2. The largest absolute Gasteiger partial charge is 0.472 e. The Hall–Kier alpha value is -0.900. The molecule has 4 heteroatoms. The van der Waals surface area contributed by atoms with E-state index in [2.05, 4.69) is 12.6 Å². The van der Waals surface area contributed by atoms with Gasteiger partial charge in [-0.3, -0.25) is 0 Å². The molecule has 2 aromatic rings. The third kappa shape index (κ3) is 4.31. The van der Waals surface area contributed by atoms with Crippen LogP contribution in [-0.4, -0.2) is 12.4 Å². The highest BCUT2D eigenvalue weighted by molar-refractivity contribution is 7.80. The van der Waals surface area contributed by atoms with Crippen LogP contribution in [0.3, 0.4) is 0 Å². The quantitative estimate of drug-likeness (QED) is 0.638. The van der Waals surface area contributed by atoms with Crippen LogP contribution in [0.15, 0.2) is 52.2 Å². The highest BCUT2D eigenvalue weighted by Crippen LogP contribution is 2.20. The molecular weight excluding hydrogens is 242 g/mol. The van der Waals surface area contributed by atoms with Crippen molar-refractivity contribution < 1.29 is 4.42 Å². The average molecular weight is 256 g/mol. The fraction of sp³-hybridized carbons (Fsp3) is 0.167. The lowest BCUT2D eigenvalue weighted by Crippen LogP contribution is -1.97. The molecule has 1 aromatic heterocycles. The first-order chi connectivity index (χ1) is 7.77. The molecule has 0 atom stereocenters. The Morgan fingerprint density at radius 2 is 1.75 bits per heavy atom. The number of thiol groups is 1. The Balaban J connectivity index is 0.000000280. The van der Waals surface area contributed by atoms with Crippen LogP contribution in [-0.2, 0) is 0 Å². The van der Waals surface area contributed by atoms with Crippen molar-refractivity contribution in [1.82, 2.24) is 0 Å². The molecule has 0 amide bonds. The van der Waals surface area contributed by atoms with Gasteiger partial charge in [-0.15, -0.1) is 24.2 Å². The molecule has 0 radical (unpaired) electrons. The molecule has 16 heavy (non-hydrogen) atoms. The number of furan rings is 1. The van der Waals surface area contributed by atoms with E-state index < -0.39 is 0 Å². The van der Waals surface area contributed by atoms with Crippen LogP contribution >= 0.6 is 24.2 Å². The lowest BCUT2D eigenvalue weighted by molar-refractivity contribution is 0.568. The fourth-order valence-corrected chi connectivity index (χ4v) is 1.23. The Kier molecular flexibility index (Phi) is 6.08. The minimum absolute atomic E-state index is 0.569. The van der Waals surface area contributed by atoms with Gasteiger partial charge in [0.15, 0.2) is 0 Å². The molecule has 0 spiro atoms. The molecule has 0 aliphatic rings. The second-order valence-corrected chi connectivity index (χ2v) is 3.93. The minimum Gasteiger partial charge on any atom is -0.472 e. The van der Waals surface area contributed by atoms with Gasteiger partial charge in [-0.1, -0.05) is 12.1 Å². The van der Waals surface area contributed by atoms with Crippen LogP contribution < -0.4 is 5.73 Å². The molecule has 1 aromatic carbocycles. The number of hydrogen-bond donors (Lipinski definition) is 2. The van der Waals surface area contributed by atoms with E-state index in [1.54, 1.807) is 12.5 Å². The van der Waals surface area contributed by atoms with E-state index >= 15 is 0 Å². The molecule has 2 N–H and O–H groups in total. The van der Waals surface area contributed by atoms with E-state index in [-0.39, 0.29) is 0 Å². The molecular formula is C12H14ClNOS. The summed E-state index contributed by atoms with van der Waals surface area (Å²) in [5, 5.41) is 0. The summed E-state index contributed by atoms with van der Waals surface area (Å²) >= 11 is 9.27. The first kappa shape index (κ1) is 13.2. The molecule has 2 nitrogen and oxygen atoms in total. The zero-order chi connectivity index (χ0) is 11.8. The first-order valence-corrected chi connectivity index (χ1v) is 5.83. The molecule has 2 rings (SSSR count). The Bertz CT molecular complexity index is 384. The normalized spacial score (nSPS) is 9.44. The summed E-state index contributed by atoms with van der Waals surface area (Å²) in [7, 11) is 0. The molecule has 1 heterocycles.